The van der Waals surface area contributed by atoms with Crippen LogP contribution in [0.25, 0.3) is 39.7 Å². The number of aromatic carboxylic acids is 1. The predicted octanol–water partition coefficient (Wildman–Crippen LogP) is 2.90. The number of aromatic nitrogens is 6. The van der Waals surface area contributed by atoms with Gasteiger partial charge in [0.25, 0.3) is 0 Å². The number of imidazole rings is 1. The van der Waals surface area contributed by atoms with Crippen LogP contribution in [0.1, 0.15) is 10.4 Å². The summed E-state index contributed by atoms with van der Waals surface area (Å²) in [4.78, 5) is 20.1. The van der Waals surface area contributed by atoms with Crippen LogP contribution >= 0.6 is 0 Å². The van der Waals surface area contributed by atoms with Crippen LogP contribution in [0.2, 0.25) is 0 Å². The lowest BCUT2D eigenvalue weighted by molar-refractivity contribution is -0.255. The summed E-state index contributed by atoms with van der Waals surface area (Å²) in [6.07, 6.45) is 5.05. The molecule has 0 aliphatic rings. The van der Waals surface area contributed by atoms with Gasteiger partial charge in [-0.2, -0.15) is 0 Å². The molecule has 0 bridgehead atoms. The van der Waals surface area contributed by atoms with E-state index in [0.717, 1.165) is 16.8 Å². The fourth-order valence-corrected chi connectivity index (χ4v) is 3.64. The van der Waals surface area contributed by atoms with E-state index >= 15 is 0 Å². The van der Waals surface area contributed by atoms with Gasteiger partial charge in [-0.15, -0.1) is 5.10 Å². The maximum Gasteiger partial charge on any atom is 0.163 e. The summed E-state index contributed by atoms with van der Waals surface area (Å²) in [7, 11) is 1.86. The number of carbonyl (C=O) groups is 1. The average molecular weight is 439 g/mol. The lowest BCUT2D eigenvalue weighted by atomic mass is 10.1. The third-order valence-electron chi connectivity index (χ3n) is 5.24. The fourth-order valence-electron chi connectivity index (χ4n) is 3.64. The monoisotopic (exact) mass is 439 g/mol. The molecule has 0 aliphatic heterocycles. The Bertz CT molecular complexity index is 1460. The van der Waals surface area contributed by atoms with E-state index in [9.17, 15) is 14.3 Å². The summed E-state index contributed by atoms with van der Waals surface area (Å²) in [5, 5.41) is 19.6. The minimum absolute atomic E-state index is 0.0418. The molecule has 8 nitrogen and oxygen atoms in total. The maximum absolute atomic E-state index is 13.5. The number of rotatable bonds is 5. The number of hydrogen-bond acceptors (Lipinski definition) is 6. The number of halogens is 1. The molecule has 3 heterocycles. The van der Waals surface area contributed by atoms with Gasteiger partial charge in [0.2, 0.25) is 0 Å². The van der Waals surface area contributed by atoms with Crippen molar-refractivity contribution in [2.45, 2.75) is 0 Å². The van der Waals surface area contributed by atoms with Crippen molar-refractivity contribution in [3.8, 4) is 39.7 Å². The van der Waals surface area contributed by atoms with Gasteiger partial charge < -0.3 is 14.5 Å². The largest absolute Gasteiger partial charge is 0.545 e. The van der Waals surface area contributed by atoms with Gasteiger partial charge in [-0.1, -0.05) is 17.3 Å². The molecule has 0 N–H and O–H groups in total. The molecule has 2 aromatic carbocycles. The van der Waals surface area contributed by atoms with Crippen LogP contribution in [0.15, 0.2) is 79.3 Å². The van der Waals surface area contributed by atoms with Crippen molar-refractivity contribution in [3.63, 3.8) is 0 Å². The molecule has 162 valence electrons. The highest BCUT2D eigenvalue weighted by atomic mass is 19.1. The van der Waals surface area contributed by atoms with Gasteiger partial charge in [-0.3, -0.25) is 4.98 Å². The number of hydrogen-bond donors (Lipinski definition) is 0. The van der Waals surface area contributed by atoms with Crippen molar-refractivity contribution in [2.75, 3.05) is 0 Å². The normalized spacial score (nSPS) is 11.0. The number of carboxylic acid groups (broad SMARTS) is 1. The smallest absolute Gasteiger partial charge is 0.163 e. The number of nitrogens with zero attached hydrogens (tertiary/aromatic N) is 6. The molecule has 0 saturated heterocycles. The Morgan fingerprint density at radius 2 is 1.76 bits per heavy atom. The van der Waals surface area contributed by atoms with Crippen LogP contribution in [0.4, 0.5) is 4.39 Å². The van der Waals surface area contributed by atoms with Crippen molar-refractivity contribution in [1.82, 2.24) is 29.5 Å². The zero-order chi connectivity index (χ0) is 22.9. The highest BCUT2D eigenvalue weighted by Gasteiger charge is 2.21. The van der Waals surface area contributed by atoms with Gasteiger partial charge in [0.05, 0.1) is 29.2 Å². The van der Waals surface area contributed by atoms with Crippen molar-refractivity contribution >= 4 is 5.97 Å². The average Bonchev–Trinajstić information content (AvgIpc) is 3.45. The van der Waals surface area contributed by atoms with Crippen LogP contribution in [-0.4, -0.2) is 35.5 Å². The van der Waals surface area contributed by atoms with Crippen molar-refractivity contribution in [2.24, 2.45) is 7.05 Å². The first-order valence-corrected chi connectivity index (χ1v) is 9.99. The molecular weight excluding hydrogens is 423 g/mol. The molecule has 33 heavy (non-hydrogen) atoms. The molecule has 5 rings (SSSR count). The van der Waals surface area contributed by atoms with E-state index in [1.54, 1.807) is 42.9 Å². The first kappa shape index (κ1) is 20.3. The van der Waals surface area contributed by atoms with Gasteiger partial charge in [0.15, 0.2) is 5.82 Å². The van der Waals surface area contributed by atoms with Gasteiger partial charge in [0.1, 0.15) is 11.5 Å². The van der Waals surface area contributed by atoms with Crippen molar-refractivity contribution in [1.29, 1.82) is 0 Å². The predicted molar refractivity (Wildman–Crippen MR) is 117 cm³/mol. The second-order valence-corrected chi connectivity index (χ2v) is 7.32. The Balaban J connectivity index is 1.63. The Morgan fingerprint density at radius 1 is 1.00 bits per heavy atom. The van der Waals surface area contributed by atoms with Crippen molar-refractivity contribution in [3.05, 3.63) is 90.6 Å². The quantitative estimate of drug-likeness (QED) is 0.417. The number of carboxylic acids is 1. The number of carbonyl (C=O) groups excluding carboxylic acids is 1. The van der Waals surface area contributed by atoms with E-state index in [4.69, 9.17) is 4.98 Å². The van der Waals surface area contributed by atoms with E-state index in [1.165, 1.54) is 28.9 Å². The highest BCUT2D eigenvalue weighted by molar-refractivity contribution is 5.86. The third-order valence-corrected chi connectivity index (χ3v) is 5.24. The van der Waals surface area contributed by atoms with E-state index in [1.807, 2.05) is 23.7 Å². The molecule has 0 saturated carbocycles. The summed E-state index contributed by atoms with van der Waals surface area (Å²) < 4.78 is 16.9. The minimum Gasteiger partial charge on any atom is -0.545 e. The van der Waals surface area contributed by atoms with Gasteiger partial charge in [-0.05, 0) is 54.1 Å². The minimum atomic E-state index is -1.27. The molecule has 0 aliphatic carbocycles. The first-order chi connectivity index (χ1) is 16.0. The topological polar surface area (TPSA) is 102 Å². The molecule has 0 atom stereocenters. The van der Waals surface area contributed by atoms with Crippen molar-refractivity contribution < 1.29 is 14.3 Å². The second kappa shape index (κ2) is 8.12. The molecule has 0 unspecified atom stereocenters. The van der Waals surface area contributed by atoms with Crippen LogP contribution in [0, 0.1) is 5.82 Å². The molecule has 0 amide bonds. The molecule has 3 aromatic heterocycles. The van der Waals surface area contributed by atoms with Crippen LogP contribution in [0.3, 0.4) is 0 Å². The highest BCUT2D eigenvalue weighted by Crippen LogP contribution is 2.34. The molecule has 9 heteroatoms. The SMILES string of the molecule is Cn1c(-c2cn(-c3cccc(C(=O)[O-])c3)nn2)nc(-c2ccc(F)cc2)c1-c1ccncc1. The molecule has 0 fully saturated rings. The molecular formula is C24H16FN6O2-. The Labute approximate surface area is 187 Å². The van der Waals surface area contributed by atoms with E-state index in [0.29, 0.717) is 22.9 Å². The lowest BCUT2D eigenvalue weighted by Crippen LogP contribution is -2.22. The van der Waals surface area contributed by atoms with Crippen LogP contribution < -0.4 is 5.11 Å². The summed E-state index contributed by atoms with van der Waals surface area (Å²) in [6.45, 7) is 0. The van der Waals surface area contributed by atoms with Crippen LogP contribution in [0.5, 0.6) is 0 Å². The number of pyridine rings is 1. The lowest BCUT2D eigenvalue weighted by Gasteiger charge is -2.07. The summed E-state index contributed by atoms with van der Waals surface area (Å²) >= 11 is 0. The summed E-state index contributed by atoms with van der Waals surface area (Å²) in [5.41, 5.74) is 4.16. The van der Waals surface area contributed by atoms with Crippen LogP contribution in [-0.2, 0) is 7.05 Å². The second-order valence-electron chi connectivity index (χ2n) is 7.32. The molecule has 5 aromatic rings. The third kappa shape index (κ3) is 3.76. The Morgan fingerprint density at radius 3 is 2.48 bits per heavy atom. The fraction of sp³-hybridized carbons (Fsp3) is 0.0417. The Kier molecular flexibility index (Phi) is 4.98. The zero-order valence-electron chi connectivity index (χ0n) is 17.4. The Hall–Kier alpha value is -4.66. The first-order valence-electron chi connectivity index (χ1n) is 9.99. The van der Waals surface area contributed by atoms with Gasteiger partial charge in [0, 0.05) is 30.6 Å². The summed E-state index contributed by atoms with van der Waals surface area (Å²) in [5.74, 6) is -1.06. The maximum atomic E-state index is 13.5. The zero-order valence-corrected chi connectivity index (χ0v) is 17.4. The number of benzene rings is 2. The van der Waals surface area contributed by atoms with E-state index in [-0.39, 0.29) is 11.4 Å². The molecule has 0 spiro atoms. The molecule has 0 radical (unpaired) electrons. The summed E-state index contributed by atoms with van der Waals surface area (Å²) in [6, 6.07) is 16.1. The van der Waals surface area contributed by atoms with E-state index < -0.39 is 5.97 Å². The standard InChI is InChI=1S/C24H17FN6O2/c1-30-22(16-9-11-26-12-10-16)21(15-5-7-18(25)8-6-15)27-23(30)20-14-31(29-28-20)19-4-2-3-17(13-19)24(32)33/h2-14H,1H3,(H,32,33)/p-1. The van der Waals surface area contributed by atoms with E-state index in [2.05, 4.69) is 15.3 Å². The van der Waals surface area contributed by atoms with Gasteiger partial charge in [-0.25, -0.2) is 14.1 Å². The van der Waals surface area contributed by atoms with Gasteiger partial charge >= 0.3 is 0 Å².